The molecule has 1 aliphatic rings. The van der Waals surface area contributed by atoms with Crippen LogP contribution in [0.3, 0.4) is 0 Å². The molecule has 1 aliphatic heterocycles. The Bertz CT molecular complexity index is 780. The van der Waals surface area contributed by atoms with Gasteiger partial charge in [-0.25, -0.2) is 4.79 Å². The topological polar surface area (TPSA) is 50.4 Å². The van der Waals surface area contributed by atoms with Crippen LogP contribution in [0, 0.1) is 5.92 Å². The molecule has 3 atom stereocenters. The van der Waals surface area contributed by atoms with Crippen LogP contribution in [0.5, 0.6) is 0 Å². The maximum Gasteiger partial charge on any atom is 0.407 e. The molecule has 0 bridgehead atoms. The minimum absolute atomic E-state index is 0.0969. The van der Waals surface area contributed by atoms with Crippen molar-refractivity contribution in [3.63, 3.8) is 0 Å². The summed E-state index contributed by atoms with van der Waals surface area (Å²) in [5.74, 6) is -0.467. The lowest BCUT2D eigenvalue weighted by molar-refractivity contribution is -0.140. The average Bonchev–Trinajstić information content (AvgIpc) is 2.63. The number of anilines is 1. The lowest BCUT2D eigenvalue weighted by Gasteiger charge is -2.39. The number of carbonyl (C=O) groups excluding carboxylic acids is 1. The zero-order valence-corrected chi connectivity index (χ0v) is 14.8. The van der Waals surface area contributed by atoms with Crippen molar-refractivity contribution in [2.75, 3.05) is 5.32 Å². The first-order valence-corrected chi connectivity index (χ1v) is 8.73. The smallest absolute Gasteiger partial charge is 0.407 e. The number of alkyl halides is 3. The quantitative estimate of drug-likeness (QED) is 0.784. The molecular weight excluding hydrogens is 357 g/mol. The molecule has 27 heavy (non-hydrogen) atoms. The summed E-state index contributed by atoms with van der Waals surface area (Å²) in [6.07, 6.45) is -5.92. The fraction of sp³-hybridized carbons (Fsp3) is 0.350. The Morgan fingerprint density at radius 1 is 1.11 bits per heavy atom. The van der Waals surface area contributed by atoms with Crippen molar-refractivity contribution in [1.29, 1.82) is 0 Å². The van der Waals surface area contributed by atoms with E-state index < -0.39 is 36.7 Å². The van der Waals surface area contributed by atoms with E-state index in [1.165, 1.54) is 0 Å². The molecule has 0 fully saturated rings. The first kappa shape index (κ1) is 19.1. The molecule has 7 heteroatoms. The highest BCUT2D eigenvalue weighted by atomic mass is 19.4. The summed E-state index contributed by atoms with van der Waals surface area (Å²) < 4.78 is 44.0. The third kappa shape index (κ3) is 4.93. The average molecular weight is 378 g/mol. The van der Waals surface area contributed by atoms with Crippen LogP contribution in [-0.2, 0) is 11.3 Å². The fourth-order valence-electron chi connectivity index (χ4n) is 3.33. The number of ether oxygens (including phenoxy) is 1. The van der Waals surface area contributed by atoms with Gasteiger partial charge in [-0.05, 0) is 17.2 Å². The Kier molecular flexibility index (Phi) is 5.58. The fourth-order valence-corrected chi connectivity index (χ4v) is 3.33. The maximum atomic E-state index is 12.9. The zero-order valence-electron chi connectivity index (χ0n) is 14.8. The Morgan fingerprint density at radius 2 is 1.78 bits per heavy atom. The van der Waals surface area contributed by atoms with Gasteiger partial charge in [-0.3, -0.25) is 0 Å². The summed E-state index contributed by atoms with van der Waals surface area (Å²) in [6.45, 7) is 1.79. The number of nitrogens with one attached hydrogen (secondary N) is 2. The van der Waals surface area contributed by atoms with Gasteiger partial charge in [0, 0.05) is 17.6 Å². The van der Waals surface area contributed by atoms with Gasteiger partial charge in [0.25, 0.3) is 0 Å². The van der Waals surface area contributed by atoms with E-state index >= 15 is 0 Å². The van der Waals surface area contributed by atoms with Gasteiger partial charge in [0.15, 0.2) is 0 Å². The summed E-state index contributed by atoms with van der Waals surface area (Å²) in [5, 5.41) is 5.69. The minimum atomic E-state index is -4.30. The summed E-state index contributed by atoms with van der Waals surface area (Å²) in [4.78, 5) is 12.3. The van der Waals surface area contributed by atoms with Gasteiger partial charge in [-0.1, -0.05) is 55.5 Å². The monoisotopic (exact) mass is 378 g/mol. The molecule has 0 spiro atoms. The second kappa shape index (κ2) is 7.90. The Morgan fingerprint density at radius 3 is 2.48 bits per heavy atom. The molecule has 1 amide bonds. The van der Waals surface area contributed by atoms with Crippen molar-refractivity contribution in [3.8, 4) is 0 Å². The maximum absolute atomic E-state index is 12.9. The molecule has 0 aromatic heterocycles. The van der Waals surface area contributed by atoms with Crippen molar-refractivity contribution < 1.29 is 22.7 Å². The van der Waals surface area contributed by atoms with E-state index in [9.17, 15) is 18.0 Å². The molecule has 2 aromatic carbocycles. The number of alkyl carbamates (subject to hydrolysis) is 1. The predicted octanol–water partition coefficient (Wildman–Crippen LogP) is 5.04. The van der Waals surface area contributed by atoms with Crippen LogP contribution in [0.2, 0.25) is 0 Å². The number of fused-ring (bicyclic) bond motifs is 1. The summed E-state index contributed by atoms with van der Waals surface area (Å²) in [6, 6.07) is 14.8. The number of para-hydroxylation sites is 1. The highest BCUT2D eigenvalue weighted by Crippen LogP contribution is 2.40. The van der Waals surface area contributed by atoms with Crippen LogP contribution in [0.15, 0.2) is 54.6 Å². The Hall–Kier alpha value is -2.70. The summed E-state index contributed by atoms with van der Waals surface area (Å²) in [7, 11) is 0. The van der Waals surface area contributed by atoms with Crippen molar-refractivity contribution in [1.82, 2.24) is 5.32 Å². The Labute approximate surface area is 155 Å². The van der Waals surface area contributed by atoms with Gasteiger partial charge in [-0.2, -0.15) is 13.2 Å². The third-order valence-electron chi connectivity index (χ3n) is 4.73. The van der Waals surface area contributed by atoms with E-state index in [1.54, 1.807) is 31.2 Å². The molecule has 0 saturated carbocycles. The molecule has 4 nitrogen and oxygen atoms in total. The number of hydrogen-bond donors (Lipinski definition) is 2. The molecule has 144 valence electrons. The number of benzene rings is 2. The second-order valence-corrected chi connectivity index (χ2v) is 6.70. The molecule has 0 saturated heterocycles. The summed E-state index contributed by atoms with van der Waals surface area (Å²) >= 11 is 0. The molecule has 0 unspecified atom stereocenters. The van der Waals surface area contributed by atoms with Gasteiger partial charge in [0.1, 0.15) is 6.61 Å². The van der Waals surface area contributed by atoms with Crippen LogP contribution >= 0.6 is 0 Å². The molecule has 1 heterocycles. The molecule has 3 rings (SSSR count). The number of carbonyl (C=O) groups is 1. The van der Waals surface area contributed by atoms with Crippen molar-refractivity contribution in [2.45, 2.75) is 38.2 Å². The van der Waals surface area contributed by atoms with Crippen LogP contribution in [-0.4, -0.2) is 18.3 Å². The minimum Gasteiger partial charge on any atom is -0.445 e. The molecule has 0 aliphatic carbocycles. The second-order valence-electron chi connectivity index (χ2n) is 6.70. The van der Waals surface area contributed by atoms with E-state index in [4.69, 9.17) is 4.74 Å². The van der Waals surface area contributed by atoms with Gasteiger partial charge in [-0.15, -0.1) is 0 Å². The van der Waals surface area contributed by atoms with Gasteiger partial charge < -0.3 is 15.4 Å². The first-order valence-electron chi connectivity index (χ1n) is 8.73. The lowest BCUT2D eigenvalue weighted by atomic mass is 9.82. The van der Waals surface area contributed by atoms with Crippen LogP contribution < -0.4 is 10.6 Å². The number of halogens is 3. The van der Waals surface area contributed by atoms with Crippen LogP contribution in [0.25, 0.3) is 0 Å². The van der Waals surface area contributed by atoms with E-state index in [1.807, 2.05) is 30.3 Å². The van der Waals surface area contributed by atoms with E-state index in [-0.39, 0.29) is 6.61 Å². The van der Waals surface area contributed by atoms with Crippen molar-refractivity contribution in [2.24, 2.45) is 5.92 Å². The normalized spacial score (nSPS) is 21.7. The van der Waals surface area contributed by atoms with E-state index in [0.29, 0.717) is 5.69 Å². The van der Waals surface area contributed by atoms with Gasteiger partial charge in [0.05, 0.1) is 12.5 Å². The third-order valence-corrected chi connectivity index (χ3v) is 4.73. The lowest BCUT2D eigenvalue weighted by Crippen LogP contribution is -2.45. The SMILES string of the molecule is C[C@@H]1[C@H](CC(F)(F)F)Nc2ccccc2[C@@H]1NC(=O)OCc1ccccc1. The standard InChI is InChI=1S/C20H21F3N2O2/c1-13-17(11-20(21,22)23)24-16-10-6-5-9-15(16)18(13)25-19(26)27-12-14-7-3-2-4-8-14/h2-10,13,17-18,24H,11-12H2,1H3,(H,25,26)/t13-,17+,18-/m1/s1. The largest absolute Gasteiger partial charge is 0.445 e. The number of rotatable bonds is 4. The van der Waals surface area contributed by atoms with Crippen molar-refractivity contribution >= 4 is 11.8 Å². The number of hydrogen-bond acceptors (Lipinski definition) is 3. The molecular formula is C20H21F3N2O2. The van der Waals surface area contributed by atoms with E-state index in [0.717, 1.165) is 11.1 Å². The number of amides is 1. The van der Waals surface area contributed by atoms with Crippen LogP contribution in [0.4, 0.5) is 23.7 Å². The molecule has 2 N–H and O–H groups in total. The van der Waals surface area contributed by atoms with Gasteiger partial charge >= 0.3 is 12.3 Å². The summed E-state index contributed by atoms with van der Waals surface area (Å²) in [5.41, 5.74) is 2.18. The predicted molar refractivity (Wildman–Crippen MR) is 96.2 cm³/mol. The van der Waals surface area contributed by atoms with Gasteiger partial charge in [0.2, 0.25) is 0 Å². The highest BCUT2D eigenvalue weighted by molar-refractivity contribution is 5.69. The highest BCUT2D eigenvalue weighted by Gasteiger charge is 2.41. The first-order chi connectivity index (χ1) is 12.8. The van der Waals surface area contributed by atoms with Crippen molar-refractivity contribution in [3.05, 3.63) is 65.7 Å². The Balaban J connectivity index is 1.72. The van der Waals surface area contributed by atoms with Crippen LogP contribution in [0.1, 0.15) is 30.5 Å². The van der Waals surface area contributed by atoms with E-state index in [2.05, 4.69) is 10.6 Å². The zero-order chi connectivity index (χ0) is 19.4. The molecule has 0 radical (unpaired) electrons. The molecule has 2 aromatic rings.